The Morgan fingerprint density at radius 2 is 1.88 bits per heavy atom. The quantitative estimate of drug-likeness (QED) is 0.779. The van der Waals surface area contributed by atoms with Crippen molar-refractivity contribution in [1.29, 1.82) is 0 Å². The number of hydrogen-bond acceptors (Lipinski definition) is 1. The van der Waals surface area contributed by atoms with Crippen LogP contribution in [0.4, 0.5) is 0 Å². The largest absolute Gasteiger partial charge is 0.376 e. The van der Waals surface area contributed by atoms with E-state index in [1.54, 1.807) is 0 Å². The lowest BCUT2D eigenvalue weighted by Gasteiger charge is -2.14. The Labute approximate surface area is 100 Å². The Hall–Kier alpha value is -1.61. The number of rotatable bonds is 2. The summed E-state index contributed by atoms with van der Waals surface area (Å²) in [7, 11) is 0. The van der Waals surface area contributed by atoms with Crippen LogP contribution in [0.3, 0.4) is 0 Å². The molecule has 0 unspecified atom stereocenters. The van der Waals surface area contributed by atoms with E-state index in [0.717, 1.165) is 0 Å². The first-order chi connectivity index (χ1) is 7.66. The van der Waals surface area contributed by atoms with Crippen LogP contribution in [0.2, 0.25) is 0 Å². The Morgan fingerprint density at radius 1 is 1.19 bits per heavy atom. The molecule has 0 fully saturated rings. The fraction of sp³-hybridized carbons (Fsp3) is 0.154. The van der Waals surface area contributed by atoms with Gasteiger partial charge in [-0.25, -0.2) is 0 Å². The number of nitrogens with two attached hydrogens (primary N) is 1. The maximum Gasteiger partial charge on any atom is 0.164 e. The summed E-state index contributed by atoms with van der Waals surface area (Å²) in [6.07, 6.45) is 0. The molecular weight excluding hydrogens is 216 g/mol. The van der Waals surface area contributed by atoms with Crippen molar-refractivity contribution in [1.82, 2.24) is 5.32 Å². The molecule has 0 saturated carbocycles. The zero-order valence-corrected chi connectivity index (χ0v) is 9.92. The molecule has 0 spiro atoms. The summed E-state index contributed by atoms with van der Waals surface area (Å²) in [6.45, 7) is 2.04. The molecule has 2 aromatic carbocycles. The Kier molecular flexibility index (Phi) is 3.06. The van der Waals surface area contributed by atoms with E-state index in [9.17, 15) is 0 Å². The highest BCUT2D eigenvalue weighted by molar-refractivity contribution is 7.80. The topological polar surface area (TPSA) is 38.0 Å². The van der Waals surface area contributed by atoms with Crippen molar-refractivity contribution in [3.05, 3.63) is 48.0 Å². The van der Waals surface area contributed by atoms with E-state index in [1.165, 1.54) is 16.3 Å². The predicted octanol–water partition coefficient (Wildman–Crippen LogP) is 2.73. The van der Waals surface area contributed by atoms with Gasteiger partial charge in [-0.15, -0.1) is 0 Å². The van der Waals surface area contributed by atoms with Gasteiger partial charge in [0.25, 0.3) is 0 Å². The fourth-order valence-electron chi connectivity index (χ4n) is 1.77. The lowest BCUT2D eigenvalue weighted by atomic mass is 10.0. The van der Waals surface area contributed by atoms with E-state index in [4.69, 9.17) is 18.0 Å². The van der Waals surface area contributed by atoms with Crippen molar-refractivity contribution in [3.63, 3.8) is 0 Å². The van der Waals surface area contributed by atoms with Gasteiger partial charge in [-0.1, -0.05) is 36.4 Å². The summed E-state index contributed by atoms with van der Waals surface area (Å²) in [4.78, 5) is 0. The molecular formula is C13H14N2S. The first-order valence-electron chi connectivity index (χ1n) is 5.21. The monoisotopic (exact) mass is 230 g/mol. The van der Waals surface area contributed by atoms with E-state index >= 15 is 0 Å². The number of hydrogen-bond donors (Lipinski definition) is 2. The molecule has 82 valence electrons. The molecule has 0 aliphatic carbocycles. The van der Waals surface area contributed by atoms with Gasteiger partial charge in [0.15, 0.2) is 5.11 Å². The van der Waals surface area contributed by atoms with Gasteiger partial charge in [0, 0.05) is 0 Å². The molecule has 0 aliphatic heterocycles. The van der Waals surface area contributed by atoms with Crippen LogP contribution < -0.4 is 11.1 Å². The molecule has 3 N–H and O–H groups in total. The lowest BCUT2D eigenvalue weighted by Crippen LogP contribution is -2.31. The van der Waals surface area contributed by atoms with E-state index in [2.05, 4.69) is 35.6 Å². The highest BCUT2D eigenvalue weighted by Gasteiger charge is 2.05. The van der Waals surface area contributed by atoms with Crippen LogP contribution in [0, 0.1) is 0 Å². The molecule has 2 nitrogen and oxygen atoms in total. The molecule has 3 heteroatoms. The number of fused-ring (bicyclic) bond motifs is 1. The van der Waals surface area contributed by atoms with Crippen molar-refractivity contribution < 1.29 is 0 Å². The number of benzene rings is 2. The molecule has 0 saturated heterocycles. The summed E-state index contributed by atoms with van der Waals surface area (Å²) in [6, 6.07) is 14.8. The summed E-state index contributed by atoms with van der Waals surface area (Å²) < 4.78 is 0. The minimum atomic E-state index is 0.141. The standard InChI is InChI=1S/C13H14N2S/c1-9(15-13(14)16)11-7-6-10-4-2-3-5-12(10)8-11/h2-9H,1H3,(H3,14,15,16)/t9-/m1/s1. The maximum atomic E-state index is 5.46. The van der Waals surface area contributed by atoms with Crippen molar-refractivity contribution >= 4 is 28.1 Å². The van der Waals surface area contributed by atoms with E-state index in [1.807, 2.05) is 19.1 Å². The fourth-order valence-corrected chi connectivity index (χ4v) is 1.95. The normalized spacial score (nSPS) is 12.3. The Morgan fingerprint density at radius 3 is 2.56 bits per heavy atom. The second kappa shape index (κ2) is 4.49. The van der Waals surface area contributed by atoms with Gasteiger partial charge in [-0.05, 0) is 41.5 Å². The summed E-state index contributed by atoms with van der Waals surface area (Å²) in [5, 5.41) is 5.84. The average molecular weight is 230 g/mol. The SMILES string of the molecule is C[C@@H](NC(N)=S)c1ccc2ccccc2c1. The van der Waals surface area contributed by atoms with E-state index < -0.39 is 0 Å². The zero-order valence-electron chi connectivity index (χ0n) is 9.10. The molecule has 16 heavy (non-hydrogen) atoms. The van der Waals surface area contributed by atoms with Gasteiger partial charge in [-0.3, -0.25) is 0 Å². The third-order valence-electron chi connectivity index (χ3n) is 2.63. The van der Waals surface area contributed by atoms with Gasteiger partial charge in [0.05, 0.1) is 6.04 Å². The highest BCUT2D eigenvalue weighted by Crippen LogP contribution is 2.19. The van der Waals surface area contributed by atoms with E-state index in [-0.39, 0.29) is 6.04 Å². The van der Waals surface area contributed by atoms with Gasteiger partial charge in [0.2, 0.25) is 0 Å². The van der Waals surface area contributed by atoms with Crippen LogP contribution in [-0.2, 0) is 0 Å². The van der Waals surface area contributed by atoms with Crippen molar-refractivity contribution in [3.8, 4) is 0 Å². The molecule has 0 aliphatic rings. The molecule has 2 rings (SSSR count). The minimum Gasteiger partial charge on any atom is -0.376 e. The molecule has 0 amide bonds. The number of nitrogens with one attached hydrogen (secondary N) is 1. The zero-order chi connectivity index (χ0) is 11.5. The molecule has 0 heterocycles. The Balaban J connectivity index is 2.35. The number of thiocarbonyl (C=S) groups is 1. The third kappa shape index (κ3) is 2.31. The van der Waals surface area contributed by atoms with Crippen LogP contribution in [0.25, 0.3) is 10.8 Å². The average Bonchev–Trinajstić information content (AvgIpc) is 2.27. The first kappa shape index (κ1) is 10.9. The van der Waals surface area contributed by atoms with Crippen LogP contribution in [0.1, 0.15) is 18.5 Å². The summed E-state index contributed by atoms with van der Waals surface area (Å²) in [5.41, 5.74) is 6.65. The summed E-state index contributed by atoms with van der Waals surface area (Å²) >= 11 is 4.83. The Bertz CT molecular complexity index is 522. The summed E-state index contributed by atoms with van der Waals surface area (Å²) in [5.74, 6) is 0. The predicted molar refractivity (Wildman–Crippen MR) is 72.3 cm³/mol. The smallest absolute Gasteiger partial charge is 0.164 e. The van der Waals surface area contributed by atoms with Crippen molar-refractivity contribution in [2.75, 3.05) is 0 Å². The molecule has 2 aromatic rings. The maximum absolute atomic E-state index is 5.46. The van der Waals surface area contributed by atoms with Gasteiger partial charge < -0.3 is 11.1 Å². The van der Waals surface area contributed by atoms with Crippen molar-refractivity contribution in [2.24, 2.45) is 5.73 Å². The third-order valence-corrected chi connectivity index (χ3v) is 2.75. The van der Waals surface area contributed by atoms with Gasteiger partial charge in [0.1, 0.15) is 0 Å². The second-order valence-electron chi connectivity index (χ2n) is 3.84. The van der Waals surface area contributed by atoms with Gasteiger partial charge in [-0.2, -0.15) is 0 Å². The van der Waals surface area contributed by atoms with Crippen molar-refractivity contribution in [2.45, 2.75) is 13.0 Å². The van der Waals surface area contributed by atoms with Crippen LogP contribution in [0.5, 0.6) is 0 Å². The molecule has 0 aromatic heterocycles. The van der Waals surface area contributed by atoms with Crippen LogP contribution in [0.15, 0.2) is 42.5 Å². The second-order valence-corrected chi connectivity index (χ2v) is 4.28. The molecule has 1 atom stereocenters. The highest BCUT2D eigenvalue weighted by atomic mass is 32.1. The van der Waals surface area contributed by atoms with Crippen LogP contribution >= 0.6 is 12.2 Å². The lowest BCUT2D eigenvalue weighted by molar-refractivity contribution is 0.721. The first-order valence-corrected chi connectivity index (χ1v) is 5.62. The molecule has 0 radical (unpaired) electrons. The van der Waals surface area contributed by atoms with Crippen LogP contribution in [-0.4, -0.2) is 5.11 Å². The molecule has 0 bridgehead atoms. The minimum absolute atomic E-state index is 0.141. The van der Waals surface area contributed by atoms with E-state index in [0.29, 0.717) is 5.11 Å². The van der Waals surface area contributed by atoms with Gasteiger partial charge >= 0.3 is 0 Å².